The van der Waals surface area contributed by atoms with Crippen molar-refractivity contribution in [3.8, 4) is 0 Å². The van der Waals surface area contributed by atoms with E-state index in [1.54, 1.807) is 0 Å². The van der Waals surface area contributed by atoms with E-state index in [1.165, 1.54) is 5.56 Å². The third kappa shape index (κ3) is 1.74. The fourth-order valence-electron chi connectivity index (χ4n) is 3.85. The second kappa shape index (κ2) is 4.39. The van der Waals surface area contributed by atoms with Crippen LogP contribution in [0.5, 0.6) is 0 Å². The third-order valence-electron chi connectivity index (χ3n) is 4.78. The summed E-state index contributed by atoms with van der Waals surface area (Å²) in [6, 6.07) is 10.9. The molecule has 4 atom stereocenters. The minimum Gasteiger partial charge on any atom is -0.481 e. The Morgan fingerprint density at radius 1 is 1.28 bits per heavy atom. The van der Waals surface area contributed by atoms with E-state index in [1.807, 2.05) is 18.2 Å². The lowest BCUT2D eigenvalue weighted by molar-refractivity contribution is -0.146. The van der Waals surface area contributed by atoms with Crippen LogP contribution < -0.4 is 0 Å². The van der Waals surface area contributed by atoms with Crippen LogP contribution in [0.25, 0.3) is 0 Å². The van der Waals surface area contributed by atoms with Gasteiger partial charge in [-0.2, -0.15) is 0 Å². The molecular weight excluding hydrogens is 226 g/mol. The average Bonchev–Trinajstić information content (AvgIpc) is 2.63. The summed E-state index contributed by atoms with van der Waals surface area (Å²) in [7, 11) is 2.08. The van der Waals surface area contributed by atoms with Crippen LogP contribution in [-0.2, 0) is 4.79 Å². The number of hydrogen-bond acceptors (Lipinski definition) is 2. The number of carbonyl (C=O) groups is 1. The van der Waals surface area contributed by atoms with Gasteiger partial charge in [-0.1, -0.05) is 30.3 Å². The van der Waals surface area contributed by atoms with Crippen molar-refractivity contribution < 1.29 is 9.90 Å². The molecule has 2 fully saturated rings. The number of hydrogen-bond donors (Lipinski definition) is 1. The molecule has 1 aromatic rings. The van der Waals surface area contributed by atoms with Gasteiger partial charge in [0.25, 0.3) is 0 Å². The maximum absolute atomic E-state index is 11.6. The maximum atomic E-state index is 11.6. The van der Waals surface area contributed by atoms with Crippen LogP contribution in [0.2, 0.25) is 0 Å². The number of fused-ring (bicyclic) bond motifs is 2. The van der Waals surface area contributed by atoms with Gasteiger partial charge in [-0.3, -0.25) is 9.69 Å². The second-order valence-corrected chi connectivity index (χ2v) is 5.58. The Kier molecular flexibility index (Phi) is 2.86. The SMILES string of the molecule is CN1[C@H]2CC[C@@H]1C(C(=O)O)C(c1ccccc1)C2. The highest BCUT2D eigenvalue weighted by molar-refractivity contribution is 5.73. The highest BCUT2D eigenvalue weighted by atomic mass is 16.4. The molecule has 2 aliphatic rings. The van der Waals surface area contributed by atoms with Crippen LogP contribution in [0.15, 0.2) is 30.3 Å². The van der Waals surface area contributed by atoms with E-state index in [9.17, 15) is 9.90 Å². The topological polar surface area (TPSA) is 40.5 Å². The minimum atomic E-state index is -0.638. The van der Waals surface area contributed by atoms with Gasteiger partial charge in [0.1, 0.15) is 0 Å². The predicted octanol–water partition coefficient (Wildman–Crippen LogP) is 2.34. The first kappa shape index (κ1) is 11.7. The summed E-state index contributed by atoms with van der Waals surface area (Å²) in [6.45, 7) is 0. The molecule has 2 aliphatic heterocycles. The van der Waals surface area contributed by atoms with E-state index >= 15 is 0 Å². The summed E-state index contributed by atoms with van der Waals surface area (Å²) in [5.74, 6) is -0.713. The molecule has 0 spiro atoms. The van der Waals surface area contributed by atoms with E-state index in [0.717, 1.165) is 19.3 Å². The van der Waals surface area contributed by atoms with Gasteiger partial charge in [0.15, 0.2) is 0 Å². The van der Waals surface area contributed by atoms with Crippen molar-refractivity contribution in [2.75, 3.05) is 7.05 Å². The average molecular weight is 245 g/mol. The first-order valence-electron chi connectivity index (χ1n) is 6.68. The monoisotopic (exact) mass is 245 g/mol. The van der Waals surface area contributed by atoms with Gasteiger partial charge in [-0.05, 0) is 31.9 Å². The lowest BCUT2D eigenvalue weighted by atomic mass is 9.76. The molecule has 0 amide bonds. The molecule has 96 valence electrons. The zero-order valence-electron chi connectivity index (χ0n) is 10.6. The summed E-state index contributed by atoms with van der Waals surface area (Å²) in [4.78, 5) is 13.9. The number of nitrogens with zero attached hydrogens (tertiary/aromatic N) is 1. The molecule has 1 aromatic carbocycles. The Balaban J connectivity index is 1.96. The Hall–Kier alpha value is -1.35. The van der Waals surface area contributed by atoms with Gasteiger partial charge in [0.2, 0.25) is 0 Å². The lowest BCUT2D eigenvalue weighted by Gasteiger charge is -2.41. The first-order chi connectivity index (χ1) is 8.68. The van der Waals surface area contributed by atoms with E-state index in [2.05, 4.69) is 24.1 Å². The summed E-state index contributed by atoms with van der Waals surface area (Å²) in [6.07, 6.45) is 3.16. The Morgan fingerprint density at radius 3 is 2.67 bits per heavy atom. The van der Waals surface area contributed by atoms with Gasteiger partial charge in [-0.25, -0.2) is 0 Å². The number of carboxylic acids is 1. The second-order valence-electron chi connectivity index (χ2n) is 5.58. The van der Waals surface area contributed by atoms with E-state index < -0.39 is 5.97 Å². The normalized spacial score (nSPS) is 35.6. The molecule has 0 radical (unpaired) electrons. The van der Waals surface area contributed by atoms with E-state index in [0.29, 0.717) is 6.04 Å². The number of aliphatic carboxylic acids is 1. The van der Waals surface area contributed by atoms with Crippen LogP contribution in [0.4, 0.5) is 0 Å². The lowest BCUT2D eigenvalue weighted by Crippen LogP contribution is -2.48. The number of benzene rings is 1. The number of piperidine rings is 1. The van der Waals surface area contributed by atoms with Crippen LogP contribution >= 0.6 is 0 Å². The zero-order valence-corrected chi connectivity index (χ0v) is 10.6. The third-order valence-corrected chi connectivity index (χ3v) is 4.78. The summed E-state index contributed by atoms with van der Waals surface area (Å²) < 4.78 is 0. The summed E-state index contributed by atoms with van der Waals surface area (Å²) in [5.41, 5.74) is 1.19. The molecule has 0 aliphatic carbocycles. The number of rotatable bonds is 2. The van der Waals surface area contributed by atoms with Gasteiger partial charge in [0, 0.05) is 18.0 Å². The van der Waals surface area contributed by atoms with Crippen molar-refractivity contribution in [1.82, 2.24) is 4.90 Å². The standard InChI is InChI=1S/C15H19NO2/c1-16-11-7-8-13(16)14(15(17)18)12(9-11)10-5-3-2-4-6-10/h2-6,11-14H,7-9H2,1H3,(H,17,18)/t11-,12?,13+,14?/m0/s1. The first-order valence-corrected chi connectivity index (χ1v) is 6.68. The molecule has 3 nitrogen and oxygen atoms in total. The van der Waals surface area contributed by atoms with E-state index in [4.69, 9.17) is 0 Å². The summed E-state index contributed by atoms with van der Waals surface area (Å²) in [5, 5.41) is 9.58. The Labute approximate surface area is 107 Å². The van der Waals surface area contributed by atoms with Crippen molar-refractivity contribution in [2.24, 2.45) is 5.92 Å². The molecule has 2 heterocycles. The van der Waals surface area contributed by atoms with Crippen molar-refractivity contribution in [3.05, 3.63) is 35.9 Å². The van der Waals surface area contributed by atoms with Gasteiger partial charge in [0.05, 0.1) is 5.92 Å². The van der Waals surface area contributed by atoms with Crippen LogP contribution in [0.3, 0.4) is 0 Å². The van der Waals surface area contributed by atoms with Gasteiger partial charge < -0.3 is 5.11 Å². The van der Waals surface area contributed by atoms with Crippen molar-refractivity contribution >= 4 is 5.97 Å². The predicted molar refractivity (Wildman–Crippen MR) is 69.5 cm³/mol. The molecule has 0 aromatic heterocycles. The molecule has 2 unspecified atom stereocenters. The highest BCUT2D eigenvalue weighted by Gasteiger charge is 2.48. The summed E-state index contributed by atoms with van der Waals surface area (Å²) >= 11 is 0. The zero-order chi connectivity index (χ0) is 12.7. The van der Waals surface area contributed by atoms with E-state index in [-0.39, 0.29) is 17.9 Å². The minimum absolute atomic E-state index is 0.178. The van der Waals surface area contributed by atoms with Crippen molar-refractivity contribution in [3.63, 3.8) is 0 Å². The molecule has 3 rings (SSSR count). The Bertz CT molecular complexity index is 445. The fraction of sp³-hybridized carbons (Fsp3) is 0.533. The molecule has 18 heavy (non-hydrogen) atoms. The molecular formula is C15H19NO2. The van der Waals surface area contributed by atoms with Gasteiger partial charge in [-0.15, -0.1) is 0 Å². The maximum Gasteiger partial charge on any atom is 0.308 e. The number of carboxylic acid groups (broad SMARTS) is 1. The smallest absolute Gasteiger partial charge is 0.308 e. The molecule has 2 saturated heterocycles. The quantitative estimate of drug-likeness (QED) is 0.869. The van der Waals surface area contributed by atoms with Crippen LogP contribution in [0.1, 0.15) is 30.7 Å². The largest absolute Gasteiger partial charge is 0.481 e. The molecule has 3 heteroatoms. The Morgan fingerprint density at radius 2 is 2.00 bits per heavy atom. The van der Waals surface area contributed by atoms with Crippen molar-refractivity contribution in [2.45, 2.75) is 37.3 Å². The fourth-order valence-corrected chi connectivity index (χ4v) is 3.85. The molecule has 2 bridgehead atoms. The van der Waals surface area contributed by atoms with Crippen molar-refractivity contribution in [1.29, 1.82) is 0 Å². The van der Waals surface area contributed by atoms with Crippen LogP contribution in [-0.4, -0.2) is 35.1 Å². The molecule has 0 saturated carbocycles. The molecule has 1 N–H and O–H groups in total. The van der Waals surface area contributed by atoms with Gasteiger partial charge >= 0.3 is 5.97 Å². The van der Waals surface area contributed by atoms with Crippen LogP contribution in [0, 0.1) is 5.92 Å². The highest BCUT2D eigenvalue weighted by Crippen LogP contribution is 2.46.